The Hall–Kier alpha value is -2.89. The normalized spacial score (nSPS) is 12.5. The lowest BCUT2D eigenvalue weighted by Crippen LogP contribution is -2.30. The van der Waals surface area contributed by atoms with E-state index in [4.69, 9.17) is 14.2 Å². The van der Waals surface area contributed by atoms with Crippen LogP contribution in [0.5, 0.6) is 0 Å². The van der Waals surface area contributed by atoms with Crippen molar-refractivity contribution >= 4 is 17.9 Å². The molecule has 0 aromatic heterocycles. The number of hydrogen-bond acceptors (Lipinski definition) is 6. The summed E-state index contributed by atoms with van der Waals surface area (Å²) in [5.41, 5.74) is 0. The third-order valence-electron chi connectivity index (χ3n) is 10.5. The molecule has 0 spiro atoms. The minimum Gasteiger partial charge on any atom is -0.462 e. The zero-order chi connectivity index (χ0) is 43.0. The lowest BCUT2D eigenvalue weighted by molar-refractivity contribution is -0.167. The van der Waals surface area contributed by atoms with Crippen molar-refractivity contribution in [2.45, 2.75) is 245 Å². The molecule has 6 heteroatoms. The zero-order valence-electron chi connectivity index (χ0n) is 38.8. The van der Waals surface area contributed by atoms with Crippen LogP contribution in [0.4, 0.5) is 0 Å². The number of carbonyl (C=O) groups is 3. The number of unbranched alkanes of at least 4 members (excludes halogenated alkanes) is 23. The van der Waals surface area contributed by atoms with Gasteiger partial charge in [-0.25, -0.2) is 0 Å². The summed E-state index contributed by atoms with van der Waals surface area (Å²) in [4.78, 5) is 37.9. The fourth-order valence-electron chi connectivity index (χ4n) is 6.78. The SMILES string of the molecule is CCC=CCC=CCC=CCCCCCCCC(=O)OC[C@@H](COC(=O)CCCCCCCC=CCC=CCCCCC)OC(=O)CCCCCCCCCCCCC. The minimum atomic E-state index is -0.783. The molecular weight excluding hydrogens is 733 g/mol. The van der Waals surface area contributed by atoms with Gasteiger partial charge in [0.25, 0.3) is 0 Å². The predicted octanol–water partition coefficient (Wildman–Crippen LogP) is 16.1. The van der Waals surface area contributed by atoms with E-state index < -0.39 is 6.10 Å². The molecule has 59 heavy (non-hydrogen) atoms. The first kappa shape index (κ1) is 56.1. The molecule has 0 aromatic carbocycles. The lowest BCUT2D eigenvalue weighted by Gasteiger charge is -2.18. The maximum atomic E-state index is 12.7. The molecular formula is C53H92O6. The van der Waals surface area contributed by atoms with Gasteiger partial charge in [-0.3, -0.25) is 14.4 Å². The first-order valence-electron chi connectivity index (χ1n) is 24.8. The first-order valence-corrected chi connectivity index (χ1v) is 24.8. The van der Waals surface area contributed by atoms with Gasteiger partial charge in [-0.15, -0.1) is 0 Å². The average Bonchev–Trinajstić information content (AvgIpc) is 3.23. The van der Waals surface area contributed by atoms with Crippen LogP contribution in [0, 0.1) is 0 Å². The lowest BCUT2D eigenvalue weighted by atomic mass is 10.1. The Bertz CT molecular complexity index is 1090. The van der Waals surface area contributed by atoms with Crippen LogP contribution in [-0.4, -0.2) is 37.2 Å². The van der Waals surface area contributed by atoms with Crippen LogP contribution in [0.25, 0.3) is 0 Å². The van der Waals surface area contributed by atoms with E-state index in [1.807, 2.05) is 0 Å². The number of hydrogen-bond donors (Lipinski definition) is 0. The molecule has 0 unspecified atom stereocenters. The molecule has 0 aliphatic heterocycles. The molecule has 0 bridgehead atoms. The summed E-state index contributed by atoms with van der Waals surface area (Å²) in [7, 11) is 0. The predicted molar refractivity (Wildman–Crippen MR) is 251 cm³/mol. The molecule has 0 N–H and O–H groups in total. The maximum Gasteiger partial charge on any atom is 0.306 e. The van der Waals surface area contributed by atoms with Crippen LogP contribution in [0.3, 0.4) is 0 Å². The molecule has 0 heterocycles. The fourth-order valence-corrected chi connectivity index (χ4v) is 6.78. The smallest absolute Gasteiger partial charge is 0.306 e. The highest BCUT2D eigenvalue weighted by Gasteiger charge is 2.19. The highest BCUT2D eigenvalue weighted by atomic mass is 16.6. The van der Waals surface area contributed by atoms with Gasteiger partial charge >= 0.3 is 17.9 Å². The quantitative estimate of drug-likeness (QED) is 0.0263. The van der Waals surface area contributed by atoms with Crippen LogP contribution < -0.4 is 0 Å². The number of ether oxygens (including phenoxy) is 3. The van der Waals surface area contributed by atoms with E-state index in [9.17, 15) is 14.4 Å². The highest BCUT2D eigenvalue weighted by molar-refractivity contribution is 5.71. The van der Waals surface area contributed by atoms with E-state index in [0.29, 0.717) is 19.3 Å². The van der Waals surface area contributed by atoms with Crippen molar-refractivity contribution in [2.75, 3.05) is 13.2 Å². The third kappa shape index (κ3) is 46.0. The van der Waals surface area contributed by atoms with Gasteiger partial charge in [-0.2, -0.15) is 0 Å². The minimum absolute atomic E-state index is 0.0859. The van der Waals surface area contributed by atoms with Crippen LogP contribution in [-0.2, 0) is 28.6 Å². The van der Waals surface area contributed by atoms with Crippen molar-refractivity contribution in [1.29, 1.82) is 0 Å². The summed E-state index contributed by atoms with van der Waals surface area (Å²) < 4.78 is 16.7. The molecule has 1 atom stereocenters. The van der Waals surface area contributed by atoms with Crippen LogP contribution in [0.2, 0.25) is 0 Å². The van der Waals surface area contributed by atoms with E-state index in [1.165, 1.54) is 83.5 Å². The van der Waals surface area contributed by atoms with Crippen molar-refractivity contribution in [3.63, 3.8) is 0 Å². The maximum absolute atomic E-state index is 12.7. The second kappa shape index (κ2) is 47.8. The third-order valence-corrected chi connectivity index (χ3v) is 10.5. The van der Waals surface area contributed by atoms with Crippen LogP contribution in [0.15, 0.2) is 60.8 Å². The summed E-state index contributed by atoms with van der Waals surface area (Å²) in [6, 6.07) is 0. The molecule has 340 valence electrons. The van der Waals surface area contributed by atoms with E-state index in [2.05, 4.69) is 81.5 Å². The van der Waals surface area contributed by atoms with Gasteiger partial charge in [-0.1, -0.05) is 197 Å². The van der Waals surface area contributed by atoms with Gasteiger partial charge in [0.2, 0.25) is 0 Å². The summed E-state index contributed by atoms with van der Waals surface area (Å²) in [6.45, 7) is 6.46. The van der Waals surface area contributed by atoms with Gasteiger partial charge in [0.15, 0.2) is 6.10 Å². The Morgan fingerprint density at radius 1 is 0.356 bits per heavy atom. The van der Waals surface area contributed by atoms with Crippen molar-refractivity contribution in [1.82, 2.24) is 0 Å². The molecule has 0 amide bonds. The van der Waals surface area contributed by atoms with Gasteiger partial charge in [0.1, 0.15) is 13.2 Å². The largest absolute Gasteiger partial charge is 0.462 e. The molecule has 0 aromatic rings. The zero-order valence-corrected chi connectivity index (χ0v) is 38.8. The molecule has 0 rings (SSSR count). The van der Waals surface area contributed by atoms with Gasteiger partial charge in [0, 0.05) is 19.3 Å². The van der Waals surface area contributed by atoms with E-state index in [-0.39, 0.29) is 31.1 Å². The Balaban J connectivity index is 4.40. The topological polar surface area (TPSA) is 78.9 Å². The summed E-state index contributed by atoms with van der Waals surface area (Å²) in [5, 5.41) is 0. The second-order valence-electron chi connectivity index (χ2n) is 16.3. The molecule has 0 radical (unpaired) electrons. The van der Waals surface area contributed by atoms with Crippen molar-refractivity contribution < 1.29 is 28.6 Å². The Morgan fingerprint density at radius 2 is 0.661 bits per heavy atom. The molecule has 0 aliphatic carbocycles. The molecule has 0 aliphatic rings. The number of carbonyl (C=O) groups excluding carboxylic acids is 3. The van der Waals surface area contributed by atoms with E-state index in [0.717, 1.165) is 116 Å². The second-order valence-corrected chi connectivity index (χ2v) is 16.3. The monoisotopic (exact) mass is 825 g/mol. The van der Waals surface area contributed by atoms with Gasteiger partial charge < -0.3 is 14.2 Å². The molecule has 6 nitrogen and oxygen atoms in total. The van der Waals surface area contributed by atoms with Crippen LogP contribution >= 0.6 is 0 Å². The highest BCUT2D eigenvalue weighted by Crippen LogP contribution is 2.14. The van der Waals surface area contributed by atoms with Gasteiger partial charge in [0.05, 0.1) is 0 Å². The van der Waals surface area contributed by atoms with Gasteiger partial charge in [-0.05, 0) is 83.5 Å². The molecule has 0 saturated heterocycles. The molecule has 0 saturated carbocycles. The summed E-state index contributed by atoms with van der Waals surface area (Å²) in [6.07, 6.45) is 57.7. The Labute approximate surface area is 364 Å². The summed E-state index contributed by atoms with van der Waals surface area (Å²) >= 11 is 0. The number of allylic oxidation sites excluding steroid dienone is 10. The van der Waals surface area contributed by atoms with Crippen molar-refractivity contribution in [3.8, 4) is 0 Å². The standard InChI is InChI=1S/C53H92O6/c1-4-7-10-13-16-19-22-24-26-28-31-33-36-39-42-45-51(54)57-48-50(59-53(56)47-44-41-38-35-30-21-18-15-12-9-6-3)49-58-52(55)46-43-40-37-34-32-29-27-25-23-20-17-14-11-8-5-2/h7,10,16-17,19-20,24-27,50H,4-6,8-9,11-15,18,21-23,28-49H2,1-3H3/t50-/m0/s1. The van der Waals surface area contributed by atoms with E-state index >= 15 is 0 Å². The fraction of sp³-hybridized carbons (Fsp3) is 0.755. The molecule has 0 fully saturated rings. The Kier molecular flexibility index (Phi) is 45.4. The Morgan fingerprint density at radius 3 is 1.07 bits per heavy atom. The number of esters is 3. The average molecular weight is 825 g/mol. The number of rotatable bonds is 44. The first-order chi connectivity index (χ1) is 29.0. The van der Waals surface area contributed by atoms with E-state index in [1.54, 1.807) is 0 Å². The van der Waals surface area contributed by atoms with Crippen molar-refractivity contribution in [3.05, 3.63) is 60.8 Å². The van der Waals surface area contributed by atoms with Crippen LogP contribution in [0.1, 0.15) is 239 Å². The summed E-state index contributed by atoms with van der Waals surface area (Å²) in [5.74, 6) is -0.914. The van der Waals surface area contributed by atoms with Crippen molar-refractivity contribution in [2.24, 2.45) is 0 Å².